The number of hydrogen-bond acceptors (Lipinski definition) is 2. The van der Waals surface area contributed by atoms with Crippen LogP contribution in [-0.2, 0) is 0 Å². The number of aliphatic imine (C=N–C) groups is 1. The van der Waals surface area contributed by atoms with Gasteiger partial charge in [-0.25, -0.2) is 0 Å². The minimum absolute atomic E-state index is 1.69. The Morgan fingerprint density at radius 1 is 1.09 bits per heavy atom. The Bertz CT molecular complexity index is 75.6. The van der Waals surface area contributed by atoms with E-state index in [0.717, 1.165) is 0 Å². The Labute approximate surface area is 71.4 Å². The first-order valence-electron chi connectivity index (χ1n) is 4.22. The molecule has 0 atom stereocenters. The third-order valence-electron chi connectivity index (χ3n) is 0.476. The summed E-state index contributed by atoms with van der Waals surface area (Å²) in [4.78, 5) is 3.79. The third-order valence-corrected chi connectivity index (χ3v) is 0.476. The molecule has 0 unspecified atom stereocenters. The summed E-state index contributed by atoms with van der Waals surface area (Å²) >= 11 is 0. The van der Waals surface area contributed by atoms with Crippen LogP contribution < -0.4 is 5.32 Å². The molecule has 0 saturated heterocycles. The van der Waals surface area contributed by atoms with Gasteiger partial charge in [-0.15, -0.1) is 0 Å². The molecule has 0 aromatic heterocycles. The predicted molar refractivity (Wildman–Crippen MR) is 55.1 cm³/mol. The molecular formula is C9H22N2. The number of hydrogen-bond donors (Lipinski definition) is 1. The second kappa shape index (κ2) is 35.0. The van der Waals surface area contributed by atoms with Gasteiger partial charge in [0, 0.05) is 25.7 Å². The van der Waals surface area contributed by atoms with Crippen LogP contribution in [0.5, 0.6) is 0 Å². The van der Waals surface area contributed by atoms with E-state index in [4.69, 9.17) is 0 Å². The molecular weight excluding hydrogens is 136 g/mol. The first-order chi connectivity index (χ1) is 5.41. The lowest BCUT2D eigenvalue weighted by Gasteiger charge is -1.77. The second-order valence-electron chi connectivity index (χ2n) is 1.01. The van der Waals surface area contributed by atoms with E-state index < -0.39 is 0 Å². The highest BCUT2D eigenvalue weighted by atomic mass is 14.8. The topological polar surface area (TPSA) is 24.4 Å². The van der Waals surface area contributed by atoms with Crippen LogP contribution in [0.15, 0.2) is 17.4 Å². The highest BCUT2D eigenvalue weighted by Gasteiger charge is 1.54. The smallest absolute Gasteiger partial charge is 0.0420 e. The van der Waals surface area contributed by atoms with E-state index in [-0.39, 0.29) is 0 Å². The molecule has 0 aliphatic rings. The fourth-order valence-electron chi connectivity index (χ4n) is 0.204. The molecule has 0 aliphatic heterocycles. The summed E-state index contributed by atoms with van der Waals surface area (Å²) in [5.74, 6) is 0. The van der Waals surface area contributed by atoms with Crippen molar-refractivity contribution in [3.63, 3.8) is 0 Å². The van der Waals surface area contributed by atoms with Gasteiger partial charge in [-0.3, -0.25) is 4.99 Å². The first-order valence-corrected chi connectivity index (χ1v) is 4.22. The first kappa shape index (κ1) is 16.7. The SMILES string of the molecule is CC.CC.CC=N/C=C\NC. The highest BCUT2D eigenvalue weighted by Crippen LogP contribution is 1.64. The van der Waals surface area contributed by atoms with Crippen molar-refractivity contribution >= 4 is 6.21 Å². The Morgan fingerprint density at radius 3 is 1.82 bits per heavy atom. The average molecular weight is 158 g/mol. The van der Waals surface area contributed by atoms with Crippen LogP contribution in [0.1, 0.15) is 34.6 Å². The molecule has 0 aromatic carbocycles. The van der Waals surface area contributed by atoms with Gasteiger partial charge in [0.15, 0.2) is 0 Å². The maximum atomic E-state index is 3.79. The molecule has 0 aromatic rings. The molecule has 0 rings (SSSR count). The van der Waals surface area contributed by atoms with Crippen LogP contribution >= 0.6 is 0 Å². The van der Waals surface area contributed by atoms with E-state index in [1.807, 2.05) is 41.7 Å². The van der Waals surface area contributed by atoms with Gasteiger partial charge in [0.2, 0.25) is 0 Å². The summed E-state index contributed by atoms with van der Waals surface area (Å²) in [5.41, 5.74) is 0. The van der Waals surface area contributed by atoms with Gasteiger partial charge < -0.3 is 5.32 Å². The maximum Gasteiger partial charge on any atom is 0.0420 e. The lowest BCUT2D eigenvalue weighted by molar-refractivity contribution is 1.09. The average Bonchev–Trinajstić information content (AvgIpc) is 2.13. The lowest BCUT2D eigenvalue weighted by Crippen LogP contribution is -1.89. The van der Waals surface area contributed by atoms with E-state index in [9.17, 15) is 0 Å². The van der Waals surface area contributed by atoms with Crippen molar-refractivity contribution in [3.05, 3.63) is 12.4 Å². The molecule has 0 bridgehead atoms. The van der Waals surface area contributed by atoms with Gasteiger partial charge in [0.05, 0.1) is 0 Å². The molecule has 0 aliphatic carbocycles. The minimum Gasteiger partial charge on any atom is -0.393 e. The van der Waals surface area contributed by atoms with Crippen molar-refractivity contribution in [3.8, 4) is 0 Å². The summed E-state index contributed by atoms with van der Waals surface area (Å²) in [7, 11) is 1.84. The Morgan fingerprint density at radius 2 is 1.55 bits per heavy atom. The predicted octanol–water partition coefficient (Wildman–Crippen LogP) is 2.82. The van der Waals surface area contributed by atoms with Gasteiger partial charge in [0.25, 0.3) is 0 Å². The van der Waals surface area contributed by atoms with Crippen molar-refractivity contribution < 1.29 is 0 Å². The molecule has 0 amide bonds. The zero-order chi connectivity index (χ0) is 9.54. The van der Waals surface area contributed by atoms with Crippen molar-refractivity contribution in [1.82, 2.24) is 5.32 Å². The number of nitrogens with zero attached hydrogens (tertiary/aromatic N) is 1. The van der Waals surface area contributed by atoms with Gasteiger partial charge in [-0.1, -0.05) is 27.7 Å². The summed E-state index contributed by atoms with van der Waals surface area (Å²) < 4.78 is 0. The molecule has 2 nitrogen and oxygen atoms in total. The maximum absolute atomic E-state index is 3.79. The fourth-order valence-corrected chi connectivity index (χ4v) is 0.204. The molecule has 1 N–H and O–H groups in total. The van der Waals surface area contributed by atoms with Gasteiger partial charge in [0.1, 0.15) is 0 Å². The molecule has 68 valence electrons. The van der Waals surface area contributed by atoms with Crippen molar-refractivity contribution in [2.75, 3.05) is 7.05 Å². The van der Waals surface area contributed by atoms with Crippen molar-refractivity contribution in [1.29, 1.82) is 0 Å². The molecule has 0 saturated carbocycles. The second-order valence-corrected chi connectivity index (χ2v) is 1.01. The number of rotatable bonds is 2. The highest BCUT2D eigenvalue weighted by molar-refractivity contribution is 5.54. The number of nitrogens with one attached hydrogen (secondary N) is 1. The van der Waals surface area contributed by atoms with Crippen LogP contribution in [-0.4, -0.2) is 13.3 Å². The largest absolute Gasteiger partial charge is 0.393 e. The Kier molecular flexibility index (Phi) is 53.0. The Balaban J connectivity index is -0.000000138. The quantitative estimate of drug-likeness (QED) is 0.614. The van der Waals surface area contributed by atoms with E-state index in [1.165, 1.54) is 0 Å². The van der Waals surface area contributed by atoms with Gasteiger partial charge >= 0.3 is 0 Å². The van der Waals surface area contributed by atoms with Crippen LogP contribution in [0.25, 0.3) is 0 Å². The summed E-state index contributed by atoms with van der Waals surface area (Å²) in [6.45, 7) is 9.88. The van der Waals surface area contributed by atoms with Gasteiger partial charge in [-0.05, 0) is 6.92 Å². The monoisotopic (exact) mass is 158 g/mol. The summed E-state index contributed by atoms with van der Waals surface area (Å²) in [6, 6.07) is 0. The molecule has 0 spiro atoms. The van der Waals surface area contributed by atoms with Crippen LogP contribution in [0, 0.1) is 0 Å². The van der Waals surface area contributed by atoms with Crippen LogP contribution in [0.2, 0.25) is 0 Å². The molecule has 2 heteroatoms. The Hall–Kier alpha value is -0.790. The molecule has 0 heterocycles. The van der Waals surface area contributed by atoms with Crippen molar-refractivity contribution in [2.24, 2.45) is 4.99 Å². The zero-order valence-corrected chi connectivity index (χ0v) is 8.68. The molecule has 11 heavy (non-hydrogen) atoms. The third kappa shape index (κ3) is 46.5. The summed E-state index contributed by atoms with van der Waals surface area (Å²) in [6.07, 6.45) is 5.19. The lowest BCUT2D eigenvalue weighted by atomic mass is 10.8. The normalized spacial score (nSPS) is 8.18. The van der Waals surface area contributed by atoms with Gasteiger partial charge in [-0.2, -0.15) is 0 Å². The van der Waals surface area contributed by atoms with E-state index in [0.29, 0.717) is 0 Å². The molecule has 0 fully saturated rings. The standard InChI is InChI=1S/C5H10N2.2C2H6/c1-3-7-5-4-6-2;2*1-2/h3-6H,1-2H3;2*1-2H3/b5-4-,7-3?;;. The van der Waals surface area contributed by atoms with E-state index in [2.05, 4.69) is 10.3 Å². The van der Waals surface area contributed by atoms with Crippen LogP contribution in [0.3, 0.4) is 0 Å². The van der Waals surface area contributed by atoms with Crippen molar-refractivity contribution in [2.45, 2.75) is 34.6 Å². The zero-order valence-electron chi connectivity index (χ0n) is 8.68. The summed E-state index contributed by atoms with van der Waals surface area (Å²) in [5, 5.41) is 2.81. The minimum atomic E-state index is 1.69. The van der Waals surface area contributed by atoms with E-state index >= 15 is 0 Å². The fraction of sp³-hybridized carbons (Fsp3) is 0.667. The van der Waals surface area contributed by atoms with Crippen LogP contribution in [0.4, 0.5) is 0 Å². The molecule has 0 radical (unpaired) electrons. The van der Waals surface area contributed by atoms with E-state index in [1.54, 1.807) is 18.6 Å².